The lowest BCUT2D eigenvalue weighted by Gasteiger charge is -2.24. The summed E-state index contributed by atoms with van der Waals surface area (Å²) < 4.78 is 15.9. The molecule has 2 heterocycles. The highest BCUT2D eigenvalue weighted by atomic mass is 19.1. The molecule has 1 fully saturated rings. The zero-order chi connectivity index (χ0) is 17.4. The van der Waals surface area contributed by atoms with E-state index in [1.165, 1.54) is 36.1 Å². The molecule has 0 N–H and O–H groups in total. The van der Waals surface area contributed by atoms with E-state index in [-0.39, 0.29) is 5.56 Å². The van der Waals surface area contributed by atoms with Crippen molar-refractivity contribution >= 4 is 0 Å². The Kier molecular flexibility index (Phi) is 4.30. The molecule has 2 aliphatic rings. The van der Waals surface area contributed by atoms with Crippen LogP contribution in [0.1, 0.15) is 60.1 Å². The topological polar surface area (TPSA) is 44.9 Å². The number of nitriles is 1. The molecule has 0 saturated carbocycles. The van der Waals surface area contributed by atoms with Crippen molar-refractivity contribution < 1.29 is 4.39 Å². The second-order valence-corrected chi connectivity index (χ2v) is 7.18. The molecule has 2 aromatic rings. The van der Waals surface area contributed by atoms with Gasteiger partial charge >= 0.3 is 0 Å². The van der Waals surface area contributed by atoms with Gasteiger partial charge in [-0.15, -0.1) is 0 Å². The number of fused-ring (bicyclic) bond motifs is 1. The van der Waals surface area contributed by atoms with Gasteiger partial charge in [0.15, 0.2) is 0 Å². The summed E-state index contributed by atoms with van der Waals surface area (Å²) in [7, 11) is 2.15. The molecule has 1 aliphatic heterocycles. The van der Waals surface area contributed by atoms with E-state index in [4.69, 9.17) is 10.2 Å². The van der Waals surface area contributed by atoms with Crippen LogP contribution in [0, 0.1) is 17.1 Å². The highest BCUT2D eigenvalue weighted by Gasteiger charge is 2.31. The number of aromatic nitrogens is 2. The Balaban J connectivity index is 1.59. The van der Waals surface area contributed by atoms with Crippen LogP contribution in [-0.2, 0) is 26.4 Å². The fourth-order valence-electron chi connectivity index (χ4n) is 4.30. The second-order valence-electron chi connectivity index (χ2n) is 7.18. The average molecular weight is 338 g/mol. The Labute approximate surface area is 147 Å². The minimum Gasteiger partial charge on any atom is -0.334 e. The van der Waals surface area contributed by atoms with Gasteiger partial charge in [0, 0.05) is 19.3 Å². The summed E-state index contributed by atoms with van der Waals surface area (Å²) in [6.45, 7) is 1.75. The molecular weight excluding hydrogens is 315 g/mol. The van der Waals surface area contributed by atoms with Gasteiger partial charge in [-0.05, 0) is 62.8 Å². The van der Waals surface area contributed by atoms with Crippen LogP contribution >= 0.6 is 0 Å². The van der Waals surface area contributed by atoms with Gasteiger partial charge in [0.1, 0.15) is 17.7 Å². The van der Waals surface area contributed by atoms with E-state index in [0.717, 1.165) is 44.3 Å². The van der Waals surface area contributed by atoms with Crippen LogP contribution in [0.3, 0.4) is 0 Å². The largest absolute Gasteiger partial charge is 0.334 e. The van der Waals surface area contributed by atoms with Crippen LogP contribution in [0.25, 0.3) is 0 Å². The lowest BCUT2D eigenvalue weighted by molar-refractivity contribution is 0.236. The standard InChI is InChI=1S/C20H23FN4/c1-24-18-6-3-2-5-17(18)23-20(24)19-7-4-10-25(19)13-14-8-9-16(21)15(11-14)12-22/h8-9,11,19H,2-7,10,13H2,1H3/t19-/m0/s1. The Hall–Kier alpha value is -2.19. The smallest absolute Gasteiger partial charge is 0.140 e. The fourth-order valence-corrected chi connectivity index (χ4v) is 4.30. The zero-order valence-electron chi connectivity index (χ0n) is 14.6. The summed E-state index contributed by atoms with van der Waals surface area (Å²) >= 11 is 0. The van der Waals surface area contributed by atoms with Crippen LogP contribution in [0.15, 0.2) is 18.2 Å². The van der Waals surface area contributed by atoms with Gasteiger partial charge in [-0.25, -0.2) is 9.37 Å². The zero-order valence-corrected chi connectivity index (χ0v) is 14.6. The molecule has 1 atom stereocenters. The molecule has 1 aliphatic carbocycles. The number of likely N-dealkylation sites (tertiary alicyclic amines) is 1. The predicted molar refractivity (Wildman–Crippen MR) is 93.4 cm³/mol. The molecule has 1 aromatic carbocycles. The van der Waals surface area contributed by atoms with Crippen LogP contribution in [0.4, 0.5) is 4.39 Å². The molecular formula is C20H23FN4. The van der Waals surface area contributed by atoms with Gasteiger partial charge in [-0.1, -0.05) is 6.07 Å². The summed E-state index contributed by atoms with van der Waals surface area (Å²) in [5, 5.41) is 9.05. The Bertz CT molecular complexity index is 833. The molecule has 0 radical (unpaired) electrons. The molecule has 1 aromatic heterocycles. The van der Waals surface area contributed by atoms with E-state index in [1.54, 1.807) is 12.1 Å². The normalized spacial score (nSPS) is 20.4. The van der Waals surface area contributed by atoms with Crippen molar-refractivity contribution in [3.05, 3.63) is 52.4 Å². The van der Waals surface area contributed by atoms with Crippen molar-refractivity contribution in [3.8, 4) is 6.07 Å². The molecule has 0 unspecified atom stereocenters. The van der Waals surface area contributed by atoms with Crippen molar-refractivity contribution in [1.82, 2.24) is 14.5 Å². The van der Waals surface area contributed by atoms with Crippen molar-refractivity contribution in [2.75, 3.05) is 6.54 Å². The summed E-state index contributed by atoms with van der Waals surface area (Å²) in [6.07, 6.45) is 6.98. The molecule has 0 amide bonds. The van der Waals surface area contributed by atoms with Crippen molar-refractivity contribution in [2.24, 2.45) is 7.05 Å². The van der Waals surface area contributed by atoms with Crippen LogP contribution < -0.4 is 0 Å². The SMILES string of the molecule is Cn1c([C@@H]2CCCN2Cc2ccc(F)c(C#N)c2)nc2c1CCCC2. The van der Waals surface area contributed by atoms with E-state index in [2.05, 4.69) is 16.5 Å². The van der Waals surface area contributed by atoms with Crippen LogP contribution in [0.5, 0.6) is 0 Å². The molecule has 0 spiro atoms. The number of nitrogens with zero attached hydrogens (tertiary/aromatic N) is 4. The van der Waals surface area contributed by atoms with Gasteiger partial charge < -0.3 is 4.57 Å². The number of imidazole rings is 1. The first kappa shape index (κ1) is 16.3. The van der Waals surface area contributed by atoms with Crippen LogP contribution in [0.2, 0.25) is 0 Å². The third-order valence-corrected chi connectivity index (χ3v) is 5.61. The van der Waals surface area contributed by atoms with Gasteiger partial charge in [0.2, 0.25) is 0 Å². The Morgan fingerprint density at radius 1 is 1.28 bits per heavy atom. The van der Waals surface area contributed by atoms with Crippen LogP contribution in [-0.4, -0.2) is 21.0 Å². The minimum absolute atomic E-state index is 0.126. The summed E-state index contributed by atoms with van der Waals surface area (Å²) in [5.74, 6) is 0.730. The van der Waals surface area contributed by atoms with Gasteiger partial charge in [-0.3, -0.25) is 4.90 Å². The lowest BCUT2D eigenvalue weighted by atomic mass is 10.0. The van der Waals surface area contributed by atoms with E-state index in [1.807, 2.05) is 6.07 Å². The van der Waals surface area contributed by atoms with Gasteiger partial charge in [0.05, 0.1) is 17.3 Å². The number of halogens is 1. The minimum atomic E-state index is -0.444. The lowest BCUT2D eigenvalue weighted by Crippen LogP contribution is -2.25. The quantitative estimate of drug-likeness (QED) is 0.858. The Morgan fingerprint density at radius 2 is 2.12 bits per heavy atom. The van der Waals surface area contributed by atoms with Gasteiger partial charge in [-0.2, -0.15) is 5.26 Å². The van der Waals surface area contributed by atoms with Crippen molar-refractivity contribution in [3.63, 3.8) is 0 Å². The summed E-state index contributed by atoms with van der Waals surface area (Å²) in [6, 6.07) is 7.11. The average Bonchev–Trinajstić information content (AvgIpc) is 3.21. The predicted octanol–water partition coefficient (Wildman–Crippen LogP) is 3.65. The molecule has 0 bridgehead atoms. The molecule has 25 heavy (non-hydrogen) atoms. The maximum Gasteiger partial charge on any atom is 0.140 e. The maximum atomic E-state index is 13.6. The highest BCUT2D eigenvalue weighted by molar-refractivity contribution is 5.34. The number of hydrogen-bond acceptors (Lipinski definition) is 3. The first-order chi connectivity index (χ1) is 12.2. The highest BCUT2D eigenvalue weighted by Crippen LogP contribution is 2.34. The first-order valence-electron chi connectivity index (χ1n) is 9.14. The van der Waals surface area contributed by atoms with Gasteiger partial charge in [0.25, 0.3) is 0 Å². The van der Waals surface area contributed by atoms with Crippen molar-refractivity contribution in [1.29, 1.82) is 5.26 Å². The first-order valence-corrected chi connectivity index (χ1v) is 9.14. The monoisotopic (exact) mass is 338 g/mol. The van der Waals surface area contributed by atoms with E-state index >= 15 is 0 Å². The molecule has 1 saturated heterocycles. The number of hydrogen-bond donors (Lipinski definition) is 0. The van der Waals surface area contributed by atoms with Crippen molar-refractivity contribution in [2.45, 2.75) is 51.1 Å². The van der Waals surface area contributed by atoms with E-state index < -0.39 is 5.82 Å². The van der Waals surface area contributed by atoms with E-state index in [0.29, 0.717) is 6.04 Å². The van der Waals surface area contributed by atoms with E-state index in [9.17, 15) is 4.39 Å². The number of rotatable bonds is 3. The third-order valence-electron chi connectivity index (χ3n) is 5.61. The molecule has 4 rings (SSSR count). The molecule has 4 nitrogen and oxygen atoms in total. The maximum absolute atomic E-state index is 13.6. The summed E-state index contributed by atoms with van der Waals surface area (Å²) in [4.78, 5) is 7.40. The molecule has 130 valence electrons. The summed E-state index contributed by atoms with van der Waals surface area (Å²) in [5.41, 5.74) is 3.80. The Morgan fingerprint density at radius 3 is 2.92 bits per heavy atom. The number of benzene rings is 1. The third kappa shape index (κ3) is 2.96. The second kappa shape index (κ2) is 6.61. The number of aryl methyl sites for hydroxylation is 1. The molecule has 5 heteroatoms. The fraction of sp³-hybridized carbons (Fsp3) is 0.500.